The Bertz CT molecular complexity index is 160. The summed E-state index contributed by atoms with van der Waals surface area (Å²) in [5, 5.41) is 11.4. The Labute approximate surface area is 75.4 Å². The fourth-order valence-corrected chi connectivity index (χ4v) is 1.86. The summed E-state index contributed by atoms with van der Waals surface area (Å²) in [6.45, 7) is 0.643. The van der Waals surface area contributed by atoms with Crippen LogP contribution in [0.4, 0.5) is 0 Å². The molecule has 1 aliphatic rings. The molecule has 58 valence electrons. The first kappa shape index (κ1) is 8.49. The van der Waals surface area contributed by atoms with Crippen LogP contribution in [0.15, 0.2) is 0 Å². The number of carbonyl (C=O) groups is 1. The molecule has 1 aliphatic heterocycles. The van der Waals surface area contributed by atoms with Gasteiger partial charge in [0, 0.05) is 6.54 Å². The summed E-state index contributed by atoms with van der Waals surface area (Å²) < 4.78 is -0.219. The first-order valence-corrected chi connectivity index (χ1v) is 4.44. The number of carboxylic acids is 1. The lowest BCUT2D eigenvalue weighted by atomic mass is 10.2. The number of alkyl halides is 2. The molecule has 1 fully saturated rings. The van der Waals surface area contributed by atoms with Crippen LogP contribution in [0.1, 0.15) is 6.42 Å². The van der Waals surface area contributed by atoms with E-state index < -0.39 is 12.0 Å². The molecule has 0 aromatic carbocycles. The van der Waals surface area contributed by atoms with E-state index in [9.17, 15) is 4.79 Å². The van der Waals surface area contributed by atoms with E-state index in [4.69, 9.17) is 5.11 Å². The van der Waals surface area contributed by atoms with Gasteiger partial charge in [0.1, 0.15) is 6.04 Å². The standard InChI is InChI=1S/C5H7Br2NO2/c6-5(7)1-3(4(9)10)8-2-5/h3,8H,1-2H2,(H,9,10). The maximum absolute atomic E-state index is 10.4. The van der Waals surface area contributed by atoms with Crippen LogP contribution < -0.4 is 5.32 Å². The SMILES string of the molecule is O=C(O)C1CC(Br)(Br)CN1. The summed E-state index contributed by atoms with van der Waals surface area (Å²) in [7, 11) is 0. The van der Waals surface area contributed by atoms with Crippen molar-refractivity contribution in [2.24, 2.45) is 0 Å². The fourth-order valence-electron chi connectivity index (χ4n) is 0.890. The fraction of sp³-hybridized carbons (Fsp3) is 0.800. The summed E-state index contributed by atoms with van der Waals surface area (Å²) in [5.41, 5.74) is 0. The molecule has 0 aliphatic carbocycles. The summed E-state index contributed by atoms with van der Waals surface area (Å²) >= 11 is 6.68. The Balaban J connectivity index is 2.51. The van der Waals surface area contributed by atoms with Crippen molar-refractivity contribution in [3.8, 4) is 0 Å². The molecule has 0 radical (unpaired) electrons. The number of rotatable bonds is 1. The van der Waals surface area contributed by atoms with Gasteiger partial charge in [-0.25, -0.2) is 0 Å². The highest BCUT2D eigenvalue weighted by atomic mass is 79.9. The van der Waals surface area contributed by atoms with Gasteiger partial charge < -0.3 is 10.4 Å². The number of hydrogen-bond donors (Lipinski definition) is 2. The van der Waals surface area contributed by atoms with Gasteiger partial charge in [0.15, 0.2) is 0 Å². The molecule has 2 N–H and O–H groups in total. The van der Waals surface area contributed by atoms with Crippen LogP contribution in [0.3, 0.4) is 0 Å². The van der Waals surface area contributed by atoms with Crippen molar-refractivity contribution >= 4 is 37.8 Å². The van der Waals surface area contributed by atoms with Gasteiger partial charge in [0.2, 0.25) is 0 Å². The molecule has 0 bridgehead atoms. The third-order valence-electron chi connectivity index (χ3n) is 1.41. The van der Waals surface area contributed by atoms with Gasteiger partial charge in [-0.1, -0.05) is 31.9 Å². The molecule has 0 saturated carbocycles. The van der Waals surface area contributed by atoms with Crippen molar-refractivity contribution in [1.29, 1.82) is 0 Å². The van der Waals surface area contributed by atoms with E-state index in [1.807, 2.05) is 0 Å². The lowest BCUT2D eigenvalue weighted by Gasteiger charge is -2.08. The summed E-state index contributed by atoms with van der Waals surface area (Å²) in [6.07, 6.45) is 0.572. The Kier molecular flexibility index (Phi) is 2.37. The van der Waals surface area contributed by atoms with Gasteiger partial charge in [-0.15, -0.1) is 0 Å². The molecule has 5 heteroatoms. The minimum Gasteiger partial charge on any atom is -0.480 e. The van der Waals surface area contributed by atoms with Crippen LogP contribution in [-0.2, 0) is 4.79 Å². The number of nitrogens with one attached hydrogen (secondary N) is 1. The monoisotopic (exact) mass is 271 g/mol. The van der Waals surface area contributed by atoms with Crippen LogP contribution >= 0.6 is 31.9 Å². The highest BCUT2D eigenvalue weighted by Crippen LogP contribution is 2.34. The van der Waals surface area contributed by atoms with E-state index in [-0.39, 0.29) is 3.23 Å². The first-order chi connectivity index (χ1) is 4.51. The molecular formula is C5H7Br2NO2. The van der Waals surface area contributed by atoms with E-state index >= 15 is 0 Å². The second-order valence-corrected chi connectivity index (χ2v) is 6.43. The van der Waals surface area contributed by atoms with E-state index in [0.29, 0.717) is 13.0 Å². The van der Waals surface area contributed by atoms with E-state index in [1.54, 1.807) is 0 Å². The van der Waals surface area contributed by atoms with Gasteiger partial charge >= 0.3 is 5.97 Å². The first-order valence-electron chi connectivity index (χ1n) is 2.85. The predicted octanol–water partition coefficient (Wildman–Crippen LogP) is 0.919. The van der Waals surface area contributed by atoms with Crippen LogP contribution in [0, 0.1) is 0 Å². The Morgan fingerprint density at radius 1 is 1.70 bits per heavy atom. The number of hydrogen-bond acceptors (Lipinski definition) is 2. The van der Waals surface area contributed by atoms with E-state index in [2.05, 4.69) is 37.2 Å². The van der Waals surface area contributed by atoms with Crippen molar-refractivity contribution in [3.05, 3.63) is 0 Å². The minimum atomic E-state index is -0.791. The minimum absolute atomic E-state index is 0.219. The van der Waals surface area contributed by atoms with E-state index in [1.165, 1.54) is 0 Å². The second-order valence-electron chi connectivity index (χ2n) is 2.33. The average Bonchev–Trinajstić information content (AvgIpc) is 2.10. The number of halogens is 2. The molecule has 0 aromatic heterocycles. The molecule has 1 saturated heterocycles. The van der Waals surface area contributed by atoms with Gasteiger partial charge in [-0.3, -0.25) is 4.79 Å². The van der Waals surface area contributed by atoms with Gasteiger partial charge in [0.05, 0.1) is 3.23 Å². The van der Waals surface area contributed by atoms with Crippen LogP contribution in [0.5, 0.6) is 0 Å². The highest BCUT2D eigenvalue weighted by Gasteiger charge is 2.37. The largest absolute Gasteiger partial charge is 0.480 e. The highest BCUT2D eigenvalue weighted by molar-refractivity contribution is 9.25. The quantitative estimate of drug-likeness (QED) is 0.698. The molecule has 0 spiro atoms. The van der Waals surface area contributed by atoms with Crippen molar-refractivity contribution in [2.75, 3.05) is 6.54 Å². The third-order valence-corrected chi connectivity index (χ3v) is 2.62. The van der Waals surface area contributed by atoms with E-state index in [0.717, 1.165) is 0 Å². The lowest BCUT2D eigenvalue weighted by Crippen LogP contribution is -2.29. The van der Waals surface area contributed by atoms with Crippen LogP contribution in [0.25, 0.3) is 0 Å². The zero-order valence-electron chi connectivity index (χ0n) is 5.10. The maximum Gasteiger partial charge on any atom is 0.320 e. The zero-order chi connectivity index (χ0) is 7.78. The number of carboxylic acid groups (broad SMARTS) is 1. The second kappa shape index (κ2) is 2.79. The van der Waals surface area contributed by atoms with Crippen molar-refractivity contribution in [2.45, 2.75) is 15.7 Å². The normalized spacial score (nSPS) is 30.4. The maximum atomic E-state index is 10.4. The lowest BCUT2D eigenvalue weighted by molar-refractivity contribution is -0.139. The number of aliphatic carboxylic acids is 1. The third kappa shape index (κ3) is 1.93. The topological polar surface area (TPSA) is 49.3 Å². The van der Waals surface area contributed by atoms with Gasteiger partial charge in [-0.2, -0.15) is 0 Å². The predicted molar refractivity (Wildman–Crippen MR) is 44.6 cm³/mol. The molecule has 0 amide bonds. The van der Waals surface area contributed by atoms with Crippen LogP contribution in [-0.4, -0.2) is 26.9 Å². The molecule has 1 rings (SSSR count). The average molecular weight is 273 g/mol. The molecule has 10 heavy (non-hydrogen) atoms. The van der Waals surface area contributed by atoms with Gasteiger partial charge in [0.25, 0.3) is 0 Å². The Morgan fingerprint density at radius 2 is 2.30 bits per heavy atom. The summed E-state index contributed by atoms with van der Waals surface area (Å²) in [5.74, 6) is -0.791. The molecule has 1 heterocycles. The van der Waals surface area contributed by atoms with Crippen molar-refractivity contribution in [1.82, 2.24) is 5.32 Å². The summed E-state index contributed by atoms with van der Waals surface area (Å²) in [6, 6.07) is -0.418. The molecule has 1 unspecified atom stereocenters. The molecule has 1 atom stereocenters. The van der Waals surface area contributed by atoms with Crippen LogP contribution in [0.2, 0.25) is 0 Å². The molecule has 0 aromatic rings. The molecular weight excluding hydrogens is 266 g/mol. The Morgan fingerprint density at radius 3 is 2.50 bits per heavy atom. The van der Waals surface area contributed by atoms with Crippen molar-refractivity contribution < 1.29 is 9.90 Å². The zero-order valence-corrected chi connectivity index (χ0v) is 8.27. The van der Waals surface area contributed by atoms with Crippen molar-refractivity contribution in [3.63, 3.8) is 0 Å². The molecule has 3 nitrogen and oxygen atoms in total. The smallest absolute Gasteiger partial charge is 0.320 e. The Hall–Kier alpha value is 0.390. The summed E-state index contributed by atoms with van der Waals surface area (Å²) in [4.78, 5) is 10.4. The van der Waals surface area contributed by atoms with Gasteiger partial charge in [-0.05, 0) is 6.42 Å².